The van der Waals surface area contributed by atoms with Crippen LogP contribution in [0.15, 0.2) is 18.2 Å². The summed E-state index contributed by atoms with van der Waals surface area (Å²) in [6.07, 6.45) is 10.6. The predicted molar refractivity (Wildman–Crippen MR) is 84.3 cm³/mol. The molecule has 1 aromatic carbocycles. The predicted octanol–water partition coefficient (Wildman–Crippen LogP) is 5.24. The highest BCUT2D eigenvalue weighted by Crippen LogP contribution is 2.21. The fraction of sp³-hybridized carbons (Fsp3) is 0.625. The zero-order valence-corrected chi connectivity index (χ0v) is 12.9. The summed E-state index contributed by atoms with van der Waals surface area (Å²) in [4.78, 5) is 0. The molecule has 19 heavy (non-hydrogen) atoms. The normalized spacial score (nSPS) is 18.0. The Morgan fingerprint density at radius 1 is 1.00 bits per heavy atom. The second-order valence-corrected chi connectivity index (χ2v) is 6.33. The third-order valence-corrected chi connectivity index (χ3v) is 4.53. The van der Waals surface area contributed by atoms with Gasteiger partial charge in [0, 0.05) is 16.1 Å². The fourth-order valence-electron chi connectivity index (χ4n) is 2.80. The minimum absolute atomic E-state index is 0.700. The molecule has 0 aliphatic heterocycles. The summed E-state index contributed by atoms with van der Waals surface area (Å²) in [5, 5.41) is 5.18. The largest absolute Gasteiger partial charge is 0.314 e. The zero-order chi connectivity index (χ0) is 13.5. The molecule has 1 fully saturated rings. The van der Waals surface area contributed by atoms with Gasteiger partial charge in [0.25, 0.3) is 0 Å². The highest BCUT2D eigenvalue weighted by atomic mass is 35.5. The lowest BCUT2D eigenvalue weighted by atomic mass is 9.96. The fourth-order valence-corrected chi connectivity index (χ4v) is 3.30. The maximum absolute atomic E-state index is 6.19. The molecule has 0 amide bonds. The molecule has 0 heterocycles. The second-order valence-electron chi connectivity index (χ2n) is 5.48. The molecule has 1 nitrogen and oxygen atoms in total. The van der Waals surface area contributed by atoms with Gasteiger partial charge in [-0.15, -0.1) is 0 Å². The maximum atomic E-state index is 6.19. The van der Waals surface area contributed by atoms with E-state index in [2.05, 4.69) is 5.32 Å². The smallest absolute Gasteiger partial charge is 0.0453 e. The van der Waals surface area contributed by atoms with E-state index < -0.39 is 0 Å². The molecule has 2 rings (SSSR count). The van der Waals surface area contributed by atoms with E-state index in [0.717, 1.165) is 18.0 Å². The molecule has 1 saturated carbocycles. The third-order valence-electron chi connectivity index (χ3n) is 3.95. The van der Waals surface area contributed by atoms with Crippen LogP contribution in [0.5, 0.6) is 0 Å². The van der Waals surface area contributed by atoms with Crippen LogP contribution in [0.4, 0.5) is 0 Å². The third kappa shape index (κ3) is 5.33. The Labute approximate surface area is 126 Å². The first-order chi connectivity index (χ1) is 9.25. The molecule has 1 aromatic rings. The number of benzene rings is 1. The molecule has 0 aromatic heterocycles. The zero-order valence-electron chi connectivity index (χ0n) is 11.4. The van der Waals surface area contributed by atoms with Crippen molar-refractivity contribution in [2.75, 3.05) is 6.54 Å². The molecule has 0 bridgehead atoms. The first kappa shape index (κ1) is 15.2. The maximum Gasteiger partial charge on any atom is 0.0453 e. The van der Waals surface area contributed by atoms with Crippen LogP contribution in [0.25, 0.3) is 0 Å². The summed E-state index contributed by atoms with van der Waals surface area (Å²) in [5.74, 6) is 0. The summed E-state index contributed by atoms with van der Waals surface area (Å²) in [6, 6.07) is 6.48. The van der Waals surface area contributed by atoms with Crippen LogP contribution in [0.1, 0.15) is 50.5 Å². The number of halogens is 2. The average Bonchev–Trinajstić information content (AvgIpc) is 2.34. The Morgan fingerprint density at radius 2 is 1.68 bits per heavy atom. The standard InChI is InChI=1S/C16H23Cl2N/c17-14-9-8-13(16(18)12-14)10-11-19-15-6-4-2-1-3-5-7-15/h8-9,12,15,19H,1-7,10-11H2. The van der Waals surface area contributed by atoms with E-state index >= 15 is 0 Å². The van der Waals surface area contributed by atoms with Crippen molar-refractivity contribution in [1.29, 1.82) is 0 Å². The van der Waals surface area contributed by atoms with Gasteiger partial charge < -0.3 is 5.32 Å². The summed E-state index contributed by atoms with van der Waals surface area (Å²) < 4.78 is 0. The summed E-state index contributed by atoms with van der Waals surface area (Å²) in [6.45, 7) is 1.01. The number of nitrogens with one attached hydrogen (secondary N) is 1. The summed E-state index contributed by atoms with van der Waals surface area (Å²) in [5.41, 5.74) is 1.18. The van der Waals surface area contributed by atoms with E-state index in [1.54, 1.807) is 0 Å². The van der Waals surface area contributed by atoms with E-state index in [0.29, 0.717) is 11.1 Å². The monoisotopic (exact) mass is 299 g/mol. The molecule has 1 aliphatic rings. The van der Waals surface area contributed by atoms with Gasteiger partial charge >= 0.3 is 0 Å². The van der Waals surface area contributed by atoms with E-state index in [9.17, 15) is 0 Å². The molecule has 1 N–H and O–H groups in total. The van der Waals surface area contributed by atoms with E-state index in [-0.39, 0.29) is 0 Å². The van der Waals surface area contributed by atoms with Crippen molar-refractivity contribution in [3.05, 3.63) is 33.8 Å². The summed E-state index contributed by atoms with van der Waals surface area (Å²) in [7, 11) is 0. The van der Waals surface area contributed by atoms with Crippen LogP contribution in [0.2, 0.25) is 10.0 Å². The van der Waals surface area contributed by atoms with Crippen LogP contribution in [0, 0.1) is 0 Å². The Kier molecular flexibility index (Phi) is 6.49. The Hall–Kier alpha value is -0.240. The average molecular weight is 300 g/mol. The quantitative estimate of drug-likeness (QED) is 0.802. The number of rotatable bonds is 4. The molecule has 0 saturated heterocycles. The van der Waals surface area contributed by atoms with Gasteiger partial charge in [0.05, 0.1) is 0 Å². The molecular formula is C16H23Cl2N. The van der Waals surface area contributed by atoms with Gasteiger partial charge in [-0.25, -0.2) is 0 Å². The SMILES string of the molecule is Clc1ccc(CCNC2CCCCCCC2)c(Cl)c1. The molecule has 106 valence electrons. The topological polar surface area (TPSA) is 12.0 Å². The highest BCUT2D eigenvalue weighted by Gasteiger charge is 2.10. The van der Waals surface area contributed by atoms with Gasteiger partial charge in [0.15, 0.2) is 0 Å². The Bertz CT molecular complexity index is 384. The first-order valence-corrected chi connectivity index (χ1v) is 8.18. The van der Waals surface area contributed by atoms with Gasteiger partial charge in [-0.05, 0) is 43.5 Å². The first-order valence-electron chi connectivity index (χ1n) is 7.43. The van der Waals surface area contributed by atoms with Crippen molar-refractivity contribution >= 4 is 23.2 Å². The minimum Gasteiger partial charge on any atom is -0.314 e. The lowest BCUT2D eigenvalue weighted by Crippen LogP contribution is -2.31. The second kappa shape index (κ2) is 8.14. The van der Waals surface area contributed by atoms with Crippen molar-refractivity contribution in [1.82, 2.24) is 5.32 Å². The molecule has 0 atom stereocenters. The van der Waals surface area contributed by atoms with Gasteiger partial charge in [0.2, 0.25) is 0 Å². The van der Waals surface area contributed by atoms with E-state index in [1.807, 2.05) is 18.2 Å². The summed E-state index contributed by atoms with van der Waals surface area (Å²) >= 11 is 12.1. The minimum atomic E-state index is 0.700. The number of hydrogen-bond donors (Lipinski definition) is 1. The van der Waals surface area contributed by atoms with Crippen molar-refractivity contribution in [2.45, 2.75) is 57.4 Å². The lowest BCUT2D eigenvalue weighted by molar-refractivity contribution is 0.392. The Balaban J connectivity index is 1.75. The lowest BCUT2D eigenvalue weighted by Gasteiger charge is -2.21. The van der Waals surface area contributed by atoms with Crippen LogP contribution in [0.3, 0.4) is 0 Å². The van der Waals surface area contributed by atoms with Gasteiger partial charge in [-0.3, -0.25) is 0 Å². The molecule has 0 radical (unpaired) electrons. The van der Waals surface area contributed by atoms with Gasteiger partial charge in [-0.2, -0.15) is 0 Å². The van der Waals surface area contributed by atoms with Crippen molar-refractivity contribution < 1.29 is 0 Å². The van der Waals surface area contributed by atoms with Crippen LogP contribution in [-0.2, 0) is 6.42 Å². The van der Waals surface area contributed by atoms with Crippen molar-refractivity contribution in [3.63, 3.8) is 0 Å². The van der Waals surface area contributed by atoms with E-state index in [4.69, 9.17) is 23.2 Å². The van der Waals surface area contributed by atoms with Crippen LogP contribution >= 0.6 is 23.2 Å². The van der Waals surface area contributed by atoms with Crippen LogP contribution in [-0.4, -0.2) is 12.6 Å². The number of hydrogen-bond acceptors (Lipinski definition) is 1. The molecule has 3 heteroatoms. The van der Waals surface area contributed by atoms with Gasteiger partial charge in [-0.1, -0.05) is 61.4 Å². The molecule has 0 spiro atoms. The van der Waals surface area contributed by atoms with Crippen molar-refractivity contribution in [2.24, 2.45) is 0 Å². The highest BCUT2D eigenvalue weighted by molar-refractivity contribution is 6.35. The van der Waals surface area contributed by atoms with Crippen LogP contribution < -0.4 is 5.32 Å². The van der Waals surface area contributed by atoms with E-state index in [1.165, 1.54) is 50.5 Å². The van der Waals surface area contributed by atoms with Crippen molar-refractivity contribution in [3.8, 4) is 0 Å². The van der Waals surface area contributed by atoms with Gasteiger partial charge in [0.1, 0.15) is 0 Å². The molecule has 0 unspecified atom stereocenters. The molecular weight excluding hydrogens is 277 g/mol. The molecule has 1 aliphatic carbocycles. The Morgan fingerprint density at radius 3 is 2.37 bits per heavy atom.